The van der Waals surface area contributed by atoms with Crippen LogP contribution in [0.4, 0.5) is 0 Å². The van der Waals surface area contributed by atoms with Gasteiger partial charge in [-0.05, 0) is 44.7 Å². The summed E-state index contributed by atoms with van der Waals surface area (Å²) in [6.45, 7) is 7.77. The Morgan fingerprint density at radius 1 is 1.20 bits per heavy atom. The molecule has 1 aliphatic heterocycles. The number of ether oxygens (including phenoxy) is 1. The van der Waals surface area contributed by atoms with Crippen LogP contribution in [0.15, 0.2) is 0 Å². The van der Waals surface area contributed by atoms with E-state index in [1.54, 1.807) is 0 Å². The quantitative estimate of drug-likeness (QED) is 0.574. The molecule has 1 aliphatic carbocycles. The van der Waals surface area contributed by atoms with Crippen LogP contribution in [-0.2, 0) is 4.74 Å². The van der Waals surface area contributed by atoms with Gasteiger partial charge in [0.2, 0.25) is 0 Å². The summed E-state index contributed by atoms with van der Waals surface area (Å²) in [6.07, 6.45) is 11.0. The summed E-state index contributed by atoms with van der Waals surface area (Å²) in [5.41, 5.74) is 0.503. The largest absolute Gasteiger partial charge is 0.380 e. The molecule has 0 radical (unpaired) electrons. The van der Waals surface area contributed by atoms with Crippen LogP contribution in [0.25, 0.3) is 0 Å². The SMILES string of the molecule is CCCNCC1(CN(C)C2CCOC2)CCCCCC1. The van der Waals surface area contributed by atoms with Gasteiger partial charge in [-0.25, -0.2) is 0 Å². The highest BCUT2D eigenvalue weighted by Crippen LogP contribution is 2.36. The fraction of sp³-hybridized carbons (Fsp3) is 1.00. The molecular formula is C17H34N2O. The minimum atomic E-state index is 0.503. The molecule has 0 spiro atoms. The van der Waals surface area contributed by atoms with E-state index in [-0.39, 0.29) is 0 Å². The second kappa shape index (κ2) is 8.35. The summed E-state index contributed by atoms with van der Waals surface area (Å²) in [5.74, 6) is 0. The smallest absolute Gasteiger partial charge is 0.0622 e. The fourth-order valence-electron chi connectivity index (χ4n) is 3.93. The van der Waals surface area contributed by atoms with Crippen LogP contribution in [0.5, 0.6) is 0 Å². The number of hydrogen-bond donors (Lipinski definition) is 1. The highest BCUT2D eigenvalue weighted by Gasteiger charge is 2.34. The van der Waals surface area contributed by atoms with E-state index in [0.29, 0.717) is 11.5 Å². The first-order valence-corrected chi connectivity index (χ1v) is 8.74. The first-order chi connectivity index (χ1) is 9.76. The lowest BCUT2D eigenvalue weighted by atomic mass is 9.79. The van der Waals surface area contributed by atoms with Gasteiger partial charge in [0.25, 0.3) is 0 Å². The maximum Gasteiger partial charge on any atom is 0.0622 e. The number of nitrogens with zero attached hydrogens (tertiary/aromatic N) is 1. The minimum absolute atomic E-state index is 0.503. The highest BCUT2D eigenvalue weighted by molar-refractivity contribution is 4.88. The van der Waals surface area contributed by atoms with Crippen LogP contribution in [0.1, 0.15) is 58.3 Å². The van der Waals surface area contributed by atoms with Crippen molar-refractivity contribution in [1.29, 1.82) is 0 Å². The molecule has 1 saturated carbocycles. The summed E-state index contributed by atoms with van der Waals surface area (Å²) in [6, 6.07) is 0.654. The normalized spacial score (nSPS) is 26.9. The van der Waals surface area contributed by atoms with Crippen molar-refractivity contribution in [3.63, 3.8) is 0 Å². The van der Waals surface area contributed by atoms with Gasteiger partial charge in [-0.1, -0.05) is 32.6 Å². The number of rotatable bonds is 7. The zero-order valence-electron chi connectivity index (χ0n) is 13.6. The van der Waals surface area contributed by atoms with Crippen LogP contribution in [-0.4, -0.2) is 50.8 Å². The first kappa shape index (κ1) is 16.3. The molecule has 0 amide bonds. The molecule has 0 bridgehead atoms. The van der Waals surface area contributed by atoms with Gasteiger partial charge < -0.3 is 15.0 Å². The van der Waals surface area contributed by atoms with Gasteiger partial charge in [0.05, 0.1) is 6.61 Å². The van der Waals surface area contributed by atoms with Crippen molar-refractivity contribution in [3.8, 4) is 0 Å². The summed E-state index contributed by atoms with van der Waals surface area (Å²) in [4.78, 5) is 2.59. The average molecular weight is 282 g/mol. The molecular weight excluding hydrogens is 248 g/mol. The van der Waals surface area contributed by atoms with Crippen molar-refractivity contribution in [2.24, 2.45) is 5.41 Å². The topological polar surface area (TPSA) is 24.5 Å². The molecule has 118 valence electrons. The van der Waals surface area contributed by atoms with Gasteiger partial charge in [-0.3, -0.25) is 0 Å². The van der Waals surface area contributed by atoms with Gasteiger partial charge in [0.15, 0.2) is 0 Å². The third-order valence-electron chi connectivity index (χ3n) is 5.20. The van der Waals surface area contributed by atoms with E-state index in [1.165, 1.54) is 64.5 Å². The Kier molecular flexibility index (Phi) is 6.79. The van der Waals surface area contributed by atoms with Crippen molar-refractivity contribution in [2.45, 2.75) is 64.3 Å². The summed E-state index contributed by atoms with van der Waals surface area (Å²) < 4.78 is 5.57. The number of likely N-dealkylation sites (N-methyl/N-ethyl adjacent to an activating group) is 1. The van der Waals surface area contributed by atoms with Crippen LogP contribution in [0.3, 0.4) is 0 Å². The lowest BCUT2D eigenvalue weighted by Gasteiger charge is -2.39. The Labute approximate surface area is 125 Å². The zero-order valence-corrected chi connectivity index (χ0v) is 13.6. The minimum Gasteiger partial charge on any atom is -0.380 e. The lowest BCUT2D eigenvalue weighted by Crippen LogP contribution is -2.46. The van der Waals surface area contributed by atoms with Crippen LogP contribution < -0.4 is 5.32 Å². The molecule has 1 atom stereocenters. The van der Waals surface area contributed by atoms with Crippen LogP contribution >= 0.6 is 0 Å². The molecule has 2 aliphatic rings. The van der Waals surface area contributed by atoms with Gasteiger partial charge in [0, 0.05) is 25.7 Å². The maximum absolute atomic E-state index is 5.57. The molecule has 3 nitrogen and oxygen atoms in total. The van der Waals surface area contributed by atoms with Gasteiger partial charge in [-0.15, -0.1) is 0 Å². The highest BCUT2D eigenvalue weighted by atomic mass is 16.5. The van der Waals surface area contributed by atoms with Gasteiger partial charge in [0.1, 0.15) is 0 Å². The second-order valence-corrected chi connectivity index (χ2v) is 7.02. The third-order valence-corrected chi connectivity index (χ3v) is 5.20. The third kappa shape index (κ3) is 4.71. The Morgan fingerprint density at radius 2 is 1.95 bits per heavy atom. The van der Waals surface area contributed by atoms with Crippen molar-refractivity contribution in [3.05, 3.63) is 0 Å². The second-order valence-electron chi connectivity index (χ2n) is 7.02. The molecule has 1 N–H and O–H groups in total. The predicted molar refractivity (Wildman–Crippen MR) is 85.1 cm³/mol. The monoisotopic (exact) mass is 282 g/mol. The van der Waals surface area contributed by atoms with Crippen molar-refractivity contribution in [2.75, 3.05) is 39.9 Å². The first-order valence-electron chi connectivity index (χ1n) is 8.74. The Morgan fingerprint density at radius 3 is 2.55 bits per heavy atom. The summed E-state index contributed by atoms with van der Waals surface area (Å²) >= 11 is 0. The molecule has 0 aromatic heterocycles. The molecule has 0 aromatic carbocycles. The van der Waals surface area contributed by atoms with E-state index in [2.05, 4.69) is 24.2 Å². The predicted octanol–water partition coefficient (Wildman–Crippen LogP) is 3.05. The van der Waals surface area contributed by atoms with Crippen molar-refractivity contribution in [1.82, 2.24) is 10.2 Å². The molecule has 1 unspecified atom stereocenters. The molecule has 20 heavy (non-hydrogen) atoms. The average Bonchev–Trinajstić information content (AvgIpc) is 2.88. The summed E-state index contributed by atoms with van der Waals surface area (Å²) in [7, 11) is 2.31. The fourth-order valence-corrected chi connectivity index (χ4v) is 3.93. The molecule has 1 heterocycles. The molecule has 1 saturated heterocycles. The number of hydrogen-bond acceptors (Lipinski definition) is 3. The van der Waals surface area contributed by atoms with E-state index < -0.39 is 0 Å². The van der Waals surface area contributed by atoms with Crippen LogP contribution in [0.2, 0.25) is 0 Å². The molecule has 2 fully saturated rings. The van der Waals surface area contributed by atoms with E-state index >= 15 is 0 Å². The van der Waals surface area contributed by atoms with E-state index in [9.17, 15) is 0 Å². The molecule has 0 aromatic rings. The Bertz CT molecular complexity index is 256. The standard InChI is InChI=1S/C17H34N2O/c1-3-11-18-14-17(9-6-4-5-7-10-17)15-19(2)16-8-12-20-13-16/h16,18H,3-15H2,1-2H3. The van der Waals surface area contributed by atoms with Crippen molar-refractivity contribution < 1.29 is 4.74 Å². The van der Waals surface area contributed by atoms with Crippen molar-refractivity contribution >= 4 is 0 Å². The molecule has 2 rings (SSSR count). The van der Waals surface area contributed by atoms with Crippen LogP contribution in [0, 0.1) is 5.41 Å². The van der Waals surface area contributed by atoms with E-state index in [1.807, 2.05) is 0 Å². The Hall–Kier alpha value is -0.120. The van der Waals surface area contributed by atoms with E-state index in [4.69, 9.17) is 4.74 Å². The summed E-state index contributed by atoms with van der Waals surface area (Å²) in [5, 5.41) is 3.71. The van der Waals surface area contributed by atoms with E-state index in [0.717, 1.165) is 19.8 Å². The zero-order chi connectivity index (χ0) is 14.3. The van der Waals surface area contributed by atoms with Gasteiger partial charge in [-0.2, -0.15) is 0 Å². The Balaban J connectivity index is 1.92. The lowest BCUT2D eigenvalue weighted by molar-refractivity contribution is 0.101. The molecule has 3 heteroatoms. The van der Waals surface area contributed by atoms with Gasteiger partial charge >= 0.3 is 0 Å². The number of nitrogens with one attached hydrogen (secondary N) is 1. The maximum atomic E-state index is 5.57.